The van der Waals surface area contributed by atoms with Crippen molar-refractivity contribution in [3.05, 3.63) is 40.7 Å². The van der Waals surface area contributed by atoms with Crippen LogP contribution >= 0.6 is 36.0 Å². The monoisotopic (exact) mass is 377 g/mol. The number of aromatic nitrogens is 4. The Morgan fingerprint density at radius 3 is 2.88 bits per heavy atom. The Hall–Kier alpha value is -1.96. The van der Waals surface area contributed by atoms with Gasteiger partial charge in [-0.25, -0.2) is 9.97 Å². The quantitative estimate of drug-likeness (QED) is 0.515. The number of halogens is 1. The zero-order valence-electron chi connectivity index (χ0n) is 13.2. The lowest BCUT2D eigenvalue weighted by Gasteiger charge is -2.17. The molecule has 1 N–H and O–H groups in total. The molecule has 0 aliphatic heterocycles. The van der Waals surface area contributed by atoms with Gasteiger partial charge in [-0.1, -0.05) is 0 Å². The van der Waals surface area contributed by atoms with E-state index in [4.69, 9.17) is 12.2 Å². The fraction of sp³-hybridized carbons (Fsp3) is 0.188. The van der Waals surface area contributed by atoms with Crippen molar-refractivity contribution < 1.29 is 0 Å². The van der Waals surface area contributed by atoms with Crippen LogP contribution < -0.4 is 4.90 Å². The van der Waals surface area contributed by atoms with Crippen molar-refractivity contribution >= 4 is 68.7 Å². The van der Waals surface area contributed by atoms with Crippen LogP contribution in [-0.4, -0.2) is 26.6 Å². The lowest BCUT2D eigenvalue weighted by atomic mass is 10.2. The van der Waals surface area contributed by atoms with Gasteiger partial charge >= 0.3 is 0 Å². The molecule has 4 aromatic rings. The number of benzene rings is 1. The van der Waals surface area contributed by atoms with Gasteiger partial charge in [-0.2, -0.15) is 0 Å². The Kier molecular flexibility index (Phi) is 4.58. The minimum absolute atomic E-state index is 0. The number of hydrogen-bond donors (Lipinski definition) is 1. The van der Waals surface area contributed by atoms with E-state index in [9.17, 15) is 0 Å². The fourth-order valence-electron chi connectivity index (χ4n) is 2.84. The van der Waals surface area contributed by atoms with E-state index in [0.29, 0.717) is 0 Å². The second-order valence-corrected chi connectivity index (χ2v) is 6.58. The zero-order chi connectivity index (χ0) is 16.0. The zero-order valence-corrected chi connectivity index (χ0v) is 15.6. The highest BCUT2D eigenvalue weighted by Gasteiger charge is 2.13. The SMILES string of the molecule is CCn1c(=S)[nH]c2cc3c(N(C)c4cccs4)ncnc3cc21.Cl. The van der Waals surface area contributed by atoms with E-state index < -0.39 is 0 Å². The van der Waals surface area contributed by atoms with Crippen molar-refractivity contribution in [1.82, 2.24) is 19.5 Å². The van der Waals surface area contributed by atoms with E-state index in [1.165, 1.54) is 0 Å². The number of fused-ring (bicyclic) bond motifs is 2. The maximum Gasteiger partial charge on any atom is 0.178 e. The minimum atomic E-state index is 0. The van der Waals surface area contributed by atoms with Crippen LogP contribution in [0.15, 0.2) is 36.0 Å². The fourth-order valence-corrected chi connectivity index (χ4v) is 3.88. The van der Waals surface area contributed by atoms with E-state index >= 15 is 0 Å². The van der Waals surface area contributed by atoms with Gasteiger partial charge in [0.2, 0.25) is 0 Å². The Bertz CT molecular complexity index is 1050. The van der Waals surface area contributed by atoms with Gasteiger partial charge in [-0.05, 0) is 48.8 Å². The molecule has 1 aromatic carbocycles. The summed E-state index contributed by atoms with van der Waals surface area (Å²) in [6.07, 6.45) is 1.62. The molecule has 24 heavy (non-hydrogen) atoms. The summed E-state index contributed by atoms with van der Waals surface area (Å²) in [5.74, 6) is 0.892. The predicted molar refractivity (Wildman–Crippen MR) is 106 cm³/mol. The van der Waals surface area contributed by atoms with Gasteiger partial charge in [-0.15, -0.1) is 23.7 Å². The van der Waals surface area contributed by atoms with Gasteiger partial charge in [0.05, 0.1) is 21.6 Å². The van der Waals surface area contributed by atoms with Gasteiger partial charge in [0.25, 0.3) is 0 Å². The molecule has 0 radical (unpaired) electrons. The molecule has 0 fully saturated rings. The van der Waals surface area contributed by atoms with Crippen molar-refractivity contribution in [2.75, 3.05) is 11.9 Å². The summed E-state index contributed by atoms with van der Waals surface area (Å²) in [5.41, 5.74) is 3.01. The summed E-state index contributed by atoms with van der Waals surface area (Å²) < 4.78 is 2.81. The Balaban J connectivity index is 0.00000169. The van der Waals surface area contributed by atoms with Crippen LogP contribution in [0.4, 0.5) is 10.8 Å². The molecule has 5 nitrogen and oxygen atoms in total. The maximum absolute atomic E-state index is 5.40. The molecule has 3 aromatic heterocycles. The highest BCUT2D eigenvalue weighted by Crippen LogP contribution is 2.32. The second-order valence-electron chi connectivity index (χ2n) is 5.27. The first-order chi connectivity index (χ1) is 11.2. The highest BCUT2D eigenvalue weighted by atomic mass is 35.5. The molecule has 0 saturated carbocycles. The number of hydrogen-bond acceptors (Lipinski definition) is 5. The number of imidazole rings is 1. The van der Waals surface area contributed by atoms with Gasteiger partial charge in [0, 0.05) is 19.0 Å². The summed E-state index contributed by atoms with van der Waals surface area (Å²) >= 11 is 7.09. The van der Waals surface area contributed by atoms with Crippen LogP contribution in [0.3, 0.4) is 0 Å². The maximum atomic E-state index is 5.40. The predicted octanol–water partition coefficient (Wildman–Crippen LogP) is 4.91. The standard InChI is InChI=1S/C16H15N5S2.ClH/c1-3-21-13-8-11-10(7-12(13)19-16(21)22)15(18-9-17-11)20(2)14-5-4-6-23-14;/h4-9H,3H2,1-2H3,(H,19,22);1H. The van der Waals surface area contributed by atoms with Crippen molar-refractivity contribution in [2.45, 2.75) is 13.5 Å². The third kappa shape index (κ3) is 2.58. The second kappa shape index (κ2) is 6.51. The van der Waals surface area contributed by atoms with Crippen LogP contribution in [-0.2, 0) is 6.54 Å². The van der Waals surface area contributed by atoms with E-state index in [2.05, 4.69) is 54.9 Å². The molecule has 0 aliphatic carbocycles. The molecule has 0 spiro atoms. The minimum Gasteiger partial charge on any atom is -0.331 e. The number of aryl methyl sites for hydroxylation is 1. The van der Waals surface area contributed by atoms with Crippen LogP contribution in [0.5, 0.6) is 0 Å². The van der Waals surface area contributed by atoms with Gasteiger partial charge < -0.3 is 14.5 Å². The van der Waals surface area contributed by atoms with Gasteiger partial charge in [-0.3, -0.25) is 0 Å². The Morgan fingerprint density at radius 2 is 2.17 bits per heavy atom. The number of rotatable bonds is 3. The topological polar surface area (TPSA) is 49.7 Å². The largest absolute Gasteiger partial charge is 0.331 e. The smallest absolute Gasteiger partial charge is 0.178 e. The summed E-state index contributed by atoms with van der Waals surface area (Å²) in [4.78, 5) is 14.3. The van der Waals surface area contributed by atoms with E-state index in [0.717, 1.165) is 44.1 Å². The third-order valence-corrected chi connectivity index (χ3v) is 5.25. The highest BCUT2D eigenvalue weighted by molar-refractivity contribution is 7.71. The molecule has 0 amide bonds. The normalized spacial score (nSPS) is 10.9. The summed E-state index contributed by atoms with van der Waals surface area (Å²) in [6.45, 7) is 2.92. The molecule has 124 valence electrons. The lowest BCUT2D eigenvalue weighted by molar-refractivity contribution is 0.774. The third-order valence-electron chi connectivity index (χ3n) is 3.98. The molecule has 0 bridgehead atoms. The first-order valence-corrected chi connectivity index (χ1v) is 8.62. The summed E-state index contributed by atoms with van der Waals surface area (Å²) in [6, 6.07) is 8.29. The molecule has 3 heterocycles. The van der Waals surface area contributed by atoms with Crippen LogP contribution in [0.2, 0.25) is 0 Å². The molecule has 0 aliphatic rings. The average Bonchev–Trinajstić information content (AvgIpc) is 3.18. The molecular weight excluding hydrogens is 362 g/mol. The Morgan fingerprint density at radius 1 is 1.33 bits per heavy atom. The van der Waals surface area contributed by atoms with E-state index in [-0.39, 0.29) is 12.4 Å². The molecule has 8 heteroatoms. The molecule has 0 atom stereocenters. The van der Waals surface area contributed by atoms with E-state index in [1.807, 2.05) is 13.1 Å². The summed E-state index contributed by atoms with van der Waals surface area (Å²) in [5, 5.41) is 4.21. The van der Waals surface area contributed by atoms with Crippen molar-refractivity contribution in [3.8, 4) is 0 Å². The first kappa shape index (κ1) is 16.9. The number of thiophene rings is 1. The van der Waals surface area contributed by atoms with Crippen molar-refractivity contribution in [1.29, 1.82) is 0 Å². The van der Waals surface area contributed by atoms with Crippen LogP contribution in [0, 0.1) is 4.77 Å². The number of H-pyrrole nitrogens is 1. The first-order valence-electron chi connectivity index (χ1n) is 7.33. The molecule has 0 saturated heterocycles. The Labute approximate surface area is 154 Å². The lowest BCUT2D eigenvalue weighted by Crippen LogP contribution is -2.10. The molecule has 0 unspecified atom stereocenters. The van der Waals surface area contributed by atoms with Crippen molar-refractivity contribution in [3.63, 3.8) is 0 Å². The van der Waals surface area contributed by atoms with Gasteiger partial charge in [0.1, 0.15) is 12.1 Å². The number of aromatic amines is 1. The number of anilines is 2. The summed E-state index contributed by atoms with van der Waals surface area (Å²) in [7, 11) is 2.03. The molecular formula is C16H16ClN5S2. The number of nitrogens with zero attached hydrogens (tertiary/aromatic N) is 4. The molecule has 4 rings (SSSR count). The number of nitrogens with one attached hydrogen (secondary N) is 1. The average molecular weight is 378 g/mol. The van der Waals surface area contributed by atoms with Crippen LogP contribution in [0.1, 0.15) is 6.92 Å². The van der Waals surface area contributed by atoms with E-state index in [1.54, 1.807) is 17.7 Å². The van der Waals surface area contributed by atoms with Crippen LogP contribution in [0.25, 0.3) is 21.9 Å². The van der Waals surface area contributed by atoms with Crippen molar-refractivity contribution in [2.24, 2.45) is 0 Å². The van der Waals surface area contributed by atoms with Gasteiger partial charge in [0.15, 0.2) is 4.77 Å².